The van der Waals surface area contributed by atoms with Crippen molar-refractivity contribution in [2.24, 2.45) is 11.7 Å². The summed E-state index contributed by atoms with van der Waals surface area (Å²) in [6.45, 7) is 3.28. The zero-order valence-corrected chi connectivity index (χ0v) is 14.6. The molecular formula is C18H27N5O2. The van der Waals surface area contributed by atoms with Gasteiger partial charge in [0.25, 0.3) is 0 Å². The highest BCUT2D eigenvalue weighted by atomic mass is 16.2. The summed E-state index contributed by atoms with van der Waals surface area (Å²) >= 11 is 0. The molecule has 2 saturated heterocycles. The van der Waals surface area contributed by atoms with Gasteiger partial charge in [0.2, 0.25) is 5.91 Å². The van der Waals surface area contributed by atoms with Crippen molar-refractivity contribution in [3.63, 3.8) is 0 Å². The van der Waals surface area contributed by atoms with Crippen LogP contribution in [0.5, 0.6) is 0 Å². The van der Waals surface area contributed by atoms with Gasteiger partial charge >= 0.3 is 6.03 Å². The van der Waals surface area contributed by atoms with Gasteiger partial charge in [0.15, 0.2) is 5.82 Å². The van der Waals surface area contributed by atoms with E-state index in [9.17, 15) is 9.59 Å². The number of nitrogens with two attached hydrogens (primary N) is 1. The van der Waals surface area contributed by atoms with Gasteiger partial charge in [-0.1, -0.05) is 0 Å². The third-order valence-corrected chi connectivity index (χ3v) is 5.08. The summed E-state index contributed by atoms with van der Waals surface area (Å²) in [5, 5.41) is 3.02. The van der Waals surface area contributed by atoms with Crippen LogP contribution in [0.15, 0.2) is 18.3 Å². The quantitative estimate of drug-likeness (QED) is 0.875. The number of carbonyl (C=O) groups excluding carboxylic acids is 2. The molecule has 0 unspecified atom stereocenters. The van der Waals surface area contributed by atoms with Crippen molar-refractivity contribution in [1.29, 1.82) is 0 Å². The van der Waals surface area contributed by atoms with Crippen LogP contribution in [0.25, 0.3) is 0 Å². The Morgan fingerprint density at radius 2 is 1.88 bits per heavy atom. The van der Waals surface area contributed by atoms with E-state index in [2.05, 4.69) is 15.2 Å². The topological polar surface area (TPSA) is 91.6 Å². The maximum atomic E-state index is 12.6. The van der Waals surface area contributed by atoms with Crippen molar-refractivity contribution < 1.29 is 9.59 Å². The lowest BCUT2D eigenvalue weighted by Gasteiger charge is -2.33. The number of amides is 3. The van der Waals surface area contributed by atoms with E-state index in [4.69, 9.17) is 5.73 Å². The minimum atomic E-state index is -0.260. The average molecular weight is 345 g/mol. The molecule has 3 rings (SSSR count). The highest BCUT2D eigenvalue weighted by molar-refractivity contribution is 5.92. The maximum Gasteiger partial charge on any atom is 0.321 e. The third kappa shape index (κ3) is 4.61. The van der Waals surface area contributed by atoms with Crippen LogP contribution in [0.4, 0.5) is 16.3 Å². The first-order valence-electron chi connectivity index (χ1n) is 9.17. The van der Waals surface area contributed by atoms with E-state index >= 15 is 0 Å². The van der Waals surface area contributed by atoms with Crippen molar-refractivity contribution in [3.05, 3.63) is 18.3 Å². The van der Waals surface area contributed by atoms with E-state index in [1.807, 2.05) is 17.0 Å². The Balaban J connectivity index is 1.59. The summed E-state index contributed by atoms with van der Waals surface area (Å²) in [6, 6.07) is 3.67. The van der Waals surface area contributed by atoms with E-state index in [-0.39, 0.29) is 11.9 Å². The SMILES string of the molecule is NC(=O)CC1CCN(C(=O)Nc2cccnc2N2CCCCC2)CC1. The first-order chi connectivity index (χ1) is 12.1. The molecule has 0 aliphatic carbocycles. The summed E-state index contributed by atoms with van der Waals surface area (Å²) in [5.74, 6) is 0.896. The zero-order chi connectivity index (χ0) is 17.6. The predicted octanol–water partition coefficient (Wildman–Crippen LogP) is 2.19. The molecule has 2 fully saturated rings. The van der Waals surface area contributed by atoms with E-state index in [1.165, 1.54) is 6.42 Å². The zero-order valence-electron chi connectivity index (χ0n) is 14.6. The molecule has 0 aromatic carbocycles. The van der Waals surface area contributed by atoms with Gasteiger partial charge in [0, 0.05) is 38.8 Å². The molecular weight excluding hydrogens is 318 g/mol. The van der Waals surface area contributed by atoms with Crippen LogP contribution < -0.4 is 16.0 Å². The average Bonchev–Trinajstić information content (AvgIpc) is 2.63. The highest BCUT2D eigenvalue weighted by Crippen LogP contribution is 2.27. The summed E-state index contributed by atoms with van der Waals surface area (Å²) < 4.78 is 0. The number of piperidine rings is 2. The monoisotopic (exact) mass is 345 g/mol. The van der Waals surface area contributed by atoms with Gasteiger partial charge in [-0.05, 0) is 50.2 Å². The molecule has 0 spiro atoms. The fourth-order valence-corrected chi connectivity index (χ4v) is 3.67. The number of carbonyl (C=O) groups is 2. The Labute approximate surface area is 148 Å². The fourth-order valence-electron chi connectivity index (χ4n) is 3.67. The smallest absolute Gasteiger partial charge is 0.321 e. The number of nitrogens with zero attached hydrogens (tertiary/aromatic N) is 3. The standard InChI is InChI=1S/C18H27N5O2/c19-16(24)13-14-6-11-23(12-7-14)18(25)21-15-5-4-8-20-17(15)22-9-2-1-3-10-22/h4-5,8,14H,1-3,6-7,9-13H2,(H2,19,24)(H,21,25). The molecule has 7 nitrogen and oxygen atoms in total. The lowest BCUT2D eigenvalue weighted by Crippen LogP contribution is -2.42. The van der Waals surface area contributed by atoms with Gasteiger partial charge in [0.1, 0.15) is 0 Å². The van der Waals surface area contributed by atoms with Crippen molar-refractivity contribution >= 4 is 23.4 Å². The van der Waals surface area contributed by atoms with Gasteiger partial charge in [-0.25, -0.2) is 9.78 Å². The van der Waals surface area contributed by atoms with E-state index in [1.54, 1.807) is 6.20 Å². The van der Waals surface area contributed by atoms with Crippen LogP contribution in [0.3, 0.4) is 0 Å². The molecule has 136 valence electrons. The predicted molar refractivity (Wildman–Crippen MR) is 97.4 cm³/mol. The number of hydrogen-bond donors (Lipinski definition) is 2. The molecule has 0 radical (unpaired) electrons. The van der Waals surface area contributed by atoms with Crippen molar-refractivity contribution in [2.45, 2.75) is 38.5 Å². The second-order valence-corrected chi connectivity index (χ2v) is 6.95. The second-order valence-electron chi connectivity index (χ2n) is 6.95. The summed E-state index contributed by atoms with van der Waals surface area (Å²) in [6.07, 6.45) is 7.41. The molecule has 0 saturated carbocycles. The minimum Gasteiger partial charge on any atom is -0.370 e. The Bertz CT molecular complexity index is 607. The molecule has 0 bridgehead atoms. The molecule has 0 atom stereocenters. The molecule has 3 heterocycles. The van der Waals surface area contributed by atoms with Crippen molar-refractivity contribution in [1.82, 2.24) is 9.88 Å². The van der Waals surface area contributed by atoms with Crippen LogP contribution >= 0.6 is 0 Å². The van der Waals surface area contributed by atoms with Crippen molar-refractivity contribution in [3.8, 4) is 0 Å². The van der Waals surface area contributed by atoms with Crippen molar-refractivity contribution in [2.75, 3.05) is 36.4 Å². The molecule has 3 amide bonds. The first-order valence-corrected chi connectivity index (χ1v) is 9.17. The van der Waals surface area contributed by atoms with Crippen LogP contribution in [0.1, 0.15) is 38.5 Å². The Morgan fingerprint density at radius 1 is 1.16 bits per heavy atom. The molecule has 2 aliphatic rings. The number of aromatic nitrogens is 1. The number of urea groups is 1. The molecule has 7 heteroatoms. The van der Waals surface area contributed by atoms with E-state index < -0.39 is 0 Å². The molecule has 3 N–H and O–H groups in total. The van der Waals surface area contributed by atoms with Crippen LogP contribution in [-0.4, -0.2) is 48.0 Å². The van der Waals surface area contributed by atoms with Crippen LogP contribution in [0.2, 0.25) is 0 Å². The lowest BCUT2D eigenvalue weighted by atomic mass is 9.93. The van der Waals surface area contributed by atoms with Crippen LogP contribution in [0, 0.1) is 5.92 Å². The molecule has 25 heavy (non-hydrogen) atoms. The number of likely N-dealkylation sites (tertiary alicyclic amines) is 1. The van der Waals surface area contributed by atoms with E-state index in [0.717, 1.165) is 50.3 Å². The Morgan fingerprint density at radius 3 is 2.56 bits per heavy atom. The fraction of sp³-hybridized carbons (Fsp3) is 0.611. The number of pyridine rings is 1. The number of primary amides is 1. The minimum absolute atomic E-state index is 0.0937. The molecule has 1 aromatic heterocycles. The number of hydrogen-bond acceptors (Lipinski definition) is 4. The van der Waals surface area contributed by atoms with Gasteiger partial charge in [-0.2, -0.15) is 0 Å². The van der Waals surface area contributed by atoms with Crippen LogP contribution in [-0.2, 0) is 4.79 Å². The van der Waals surface area contributed by atoms with Gasteiger partial charge in [-0.3, -0.25) is 4.79 Å². The number of rotatable bonds is 4. The molecule has 2 aliphatic heterocycles. The summed E-state index contributed by atoms with van der Waals surface area (Å²) in [4.78, 5) is 32.2. The lowest BCUT2D eigenvalue weighted by molar-refractivity contribution is -0.119. The Hall–Kier alpha value is -2.31. The first kappa shape index (κ1) is 17.5. The van der Waals surface area contributed by atoms with Gasteiger partial charge < -0.3 is 20.9 Å². The van der Waals surface area contributed by atoms with Gasteiger partial charge in [-0.15, -0.1) is 0 Å². The molecule has 1 aromatic rings. The number of anilines is 2. The van der Waals surface area contributed by atoms with E-state index in [0.29, 0.717) is 25.4 Å². The summed E-state index contributed by atoms with van der Waals surface area (Å²) in [5.41, 5.74) is 6.04. The third-order valence-electron chi connectivity index (χ3n) is 5.08. The largest absolute Gasteiger partial charge is 0.370 e. The van der Waals surface area contributed by atoms with Gasteiger partial charge in [0.05, 0.1) is 5.69 Å². The second kappa shape index (κ2) is 8.18. The normalized spacial score (nSPS) is 18.9. The Kier molecular flexibility index (Phi) is 5.73. The highest BCUT2D eigenvalue weighted by Gasteiger charge is 2.25. The number of nitrogens with one attached hydrogen (secondary N) is 1. The maximum absolute atomic E-state index is 12.6. The summed E-state index contributed by atoms with van der Waals surface area (Å²) in [7, 11) is 0.